The van der Waals surface area contributed by atoms with Crippen LogP contribution in [0, 0.1) is 16.7 Å². The Kier molecular flexibility index (Phi) is 3.24. The molecule has 1 amide bonds. The third-order valence-corrected chi connectivity index (χ3v) is 5.85. The summed E-state index contributed by atoms with van der Waals surface area (Å²) in [6.07, 6.45) is 6.74. The summed E-state index contributed by atoms with van der Waals surface area (Å²) < 4.78 is 24.6. The maximum atomic E-state index is 12.2. The first-order valence-corrected chi connectivity index (χ1v) is 8.61. The van der Waals surface area contributed by atoms with E-state index in [0.29, 0.717) is 11.3 Å². The van der Waals surface area contributed by atoms with Gasteiger partial charge in [-0.2, -0.15) is 0 Å². The van der Waals surface area contributed by atoms with Crippen molar-refractivity contribution in [2.45, 2.75) is 52.4 Å². The van der Waals surface area contributed by atoms with Crippen LogP contribution < -0.4 is 4.72 Å². The molecule has 0 unspecified atom stereocenters. The van der Waals surface area contributed by atoms with E-state index in [1.165, 1.54) is 0 Å². The standard InChI is InChI=1S/C13H23NO3S/c1-10(2)12-4-7-13(8-5-12,9-6-12)11(15)14-18(3,16)17/h10H,4-9H2,1-3H3,(H,14,15). The Morgan fingerprint density at radius 3 is 1.83 bits per heavy atom. The average Bonchev–Trinajstić information content (AvgIpc) is 2.29. The Balaban J connectivity index is 2.12. The highest BCUT2D eigenvalue weighted by atomic mass is 32.2. The molecule has 0 saturated heterocycles. The van der Waals surface area contributed by atoms with Gasteiger partial charge in [-0.1, -0.05) is 13.8 Å². The number of rotatable bonds is 3. The molecule has 0 aliphatic heterocycles. The van der Waals surface area contributed by atoms with E-state index in [2.05, 4.69) is 18.6 Å². The highest BCUT2D eigenvalue weighted by Crippen LogP contribution is 2.59. The summed E-state index contributed by atoms with van der Waals surface area (Å²) in [6.45, 7) is 4.52. The van der Waals surface area contributed by atoms with Crippen LogP contribution >= 0.6 is 0 Å². The lowest BCUT2D eigenvalue weighted by atomic mass is 9.50. The highest BCUT2D eigenvalue weighted by molar-refractivity contribution is 7.89. The molecule has 104 valence electrons. The van der Waals surface area contributed by atoms with Gasteiger partial charge in [-0.25, -0.2) is 8.42 Å². The zero-order valence-corrected chi connectivity index (χ0v) is 12.3. The lowest BCUT2D eigenvalue weighted by Crippen LogP contribution is -2.52. The molecule has 0 aromatic heterocycles. The maximum Gasteiger partial charge on any atom is 0.239 e. The van der Waals surface area contributed by atoms with E-state index in [9.17, 15) is 13.2 Å². The predicted octanol–water partition coefficient (Wildman–Crippen LogP) is 2.06. The molecule has 18 heavy (non-hydrogen) atoms. The Labute approximate surface area is 110 Å². The zero-order valence-electron chi connectivity index (χ0n) is 11.5. The van der Waals surface area contributed by atoms with Crippen molar-refractivity contribution in [2.24, 2.45) is 16.7 Å². The van der Waals surface area contributed by atoms with Gasteiger partial charge in [0.15, 0.2) is 0 Å². The molecular formula is C13H23NO3S. The van der Waals surface area contributed by atoms with Crippen LogP contribution in [0.1, 0.15) is 52.4 Å². The predicted molar refractivity (Wildman–Crippen MR) is 70.4 cm³/mol. The van der Waals surface area contributed by atoms with Gasteiger partial charge >= 0.3 is 0 Å². The number of carbonyl (C=O) groups is 1. The summed E-state index contributed by atoms with van der Waals surface area (Å²) in [5.74, 6) is 0.371. The second kappa shape index (κ2) is 4.22. The Morgan fingerprint density at radius 1 is 1.06 bits per heavy atom. The molecule has 3 aliphatic rings. The number of fused-ring (bicyclic) bond motifs is 3. The molecule has 5 heteroatoms. The molecule has 0 radical (unpaired) electrons. The second-order valence-electron chi connectivity index (χ2n) is 6.50. The van der Waals surface area contributed by atoms with Crippen LogP contribution in [0.3, 0.4) is 0 Å². The molecule has 0 spiro atoms. The Morgan fingerprint density at radius 2 is 1.50 bits per heavy atom. The van der Waals surface area contributed by atoms with Crippen LogP contribution in [0.5, 0.6) is 0 Å². The topological polar surface area (TPSA) is 63.2 Å². The SMILES string of the molecule is CC(C)C12CCC(C(=O)NS(C)(=O)=O)(CC1)CC2. The fourth-order valence-corrected chi connectivity index (χ4v) is 4.25. The highest BCUT2D eigenvalue weighted by Gasteiger charge is 2.53. The third kappa shape index (κ3) is 2.29. The minimum Gasteiger partial charge on any atom is -0.273 e. The van der Waals surface area contributed by atoms with E-state index in [1.807, 2.05) is 0 Å². The molecule has 0 aromatic carbocycles. The molecule has 2 bridgehead atoms. The minimum absolute atomic E-state index is 0.276. The van der Waals surface area contributed by atoms with Gasteiger partial charge in [0.05, 0.1) is 11.7 Å². The van der Waals surface area contributed by atoms with Crippen molar-refractivity contribution in [3.05, 3.63) is 0 Å². The molecule has 1 N–H and O–H groups in total. The van der Waals surface area contributed by atoms with Crippen molar-refractivity contribution < 1.29 is 13.2 Å². The number of hydrogen-bond donors (Lipinski definition) is 1. The summed E-state index contributed by atoms with van der Waals surface area (Å²) in [7, 11) is -3.43. The van der Waals surface area contributed by atoms with E-state index < -0.39 is 15.4 Å². The fraction of sp³-hybridized carbons (Fsp3) is 0.923. The Bertz CT molecular complexity index is 428. The van der Waals surface area contributed by atoms with E-state index in [0.717, 1.165) is 44.8 Å². The van der Waals surface area contributed by atoms with E-state index >= 15 is 0 Å². The molecule has 0 aromatic rings. The normalized spacial score (nSPS) is 35.8. The summed E-state index contributed by atoms with van der Waals surface area (Å²) in [4.78, 5) is 12.2. The number of amides is 1. The Hall–Kier alpha value is -0.580. The van der Waals surface area contributed by atoms with Gasteiger partial charge in [0.25, 0.3) is 0 Å². The maximum absolute atomic E-state index is 12.2. The molecule has 3 rings (SSSR count). The first kappa shape index (κ1) is 13.8. The number of carbonyl (C=O) groups excluding carboxylic acids is 1. The third-order valence-electron chi connectivity index (χ3n) is 5.29. The van der Waals surface area contributed by atoms with Gasteiger partial charge in [0.2, 0.25) is 15.9 Å². The van der Waals surface area contributed by atoms with Crippen LogP contribution in [0.2, 0.25) is 0 Å². The van der Waals surface area contributed by atoms with Crippen LogP contribution in [0.4, 0.5) is 0 Å². The van der Waals surface area contributed by atoms with E-state index in [-0.39, 0.29) is 5.91 Å². The average molecular weight is 273 g/mol. The van der Waals surface area contributed by atoms with Crippen LogP contribution in [0.25, 0.3) is 0 Å². The van der Waals surface area contributed by atoms with Gasteiger partial charge in [0.1, 0.15) is 0 Å². The summed E-state index contributed by atoms with van der Waals surface area (Å²) in [5, 5.41) is 0. The smallest absolute Gasteiger partial charge is 0.239 e. The fourth-order valence-electron chi connectivity index (χ4n) is 3.70. The number of hydrogen-bond acceptors (Lipinski definition) is 3. The molecule has 3 aliphatic carbocycles. The zero-order chi connectivity index (χ0) is 13.6. The van der Waals surface area contributed by atoms with Crippen LogP contribution in [-0.4, -0.2) is 20.6 Å². The quantitative estimate of drug-likeness (QED) is 0.856. The monoisotopic (exact) mass is 273 g/mol. The molecule has 0 heterocycles. The summed E-state index contributed by atoms with van der Waals surface area (Å²) in [5.41, 5.74) is -0.0210. The number of nitrogens with one attached hydrogen (secondary N) is 1. The lowest BCUT2D eigenvalue weighted by molar-refractivity contribution is -0.140. The lowest BCUT2D eigenvalue weighted by Gasteiger charge is -2.54. The van der Waals surface area contributed by atoms with Crippen molar-refractivity contribution in [3.8, 4) is 0 Å². The first-order valence-electron chi connectivity index (χ1n) is 6.71. The molecule has 3 fully saturated rings. The van der Waals surface area contributed by atoms with Crippen LogP contribution in [0.15, 0.2) is 0 Å². The number of sulfonamides is 1. The van der Waals surface area contributed by atoms with Gasteiger partial charge in [-0.3, -0.25) is 9.52 Å². The van der Waals surface area contributed by atoms with Crippen molar-refractivity contribution >= 4 is 15.9 Å². The van der Waals surface area contributed by atoms with Crippen molar-refractivity contribution in [2.75, 3.05) is 6.26 Å². The molecule has 3 saturated carbocycles. The van der Waals surface area contributed by atoms with E-state index in [1.54, 1.807) is 0 Å². The largest absolute Gasteiger partial charge is 0.273 e. The second-order valence-corrected chi connectivity index (χ2v) is 8.25. The van der Waals surface area contributed by atoms with Gasteiger partial charge < -0.3 is 0 Å². The van der Waals surface area contributed by atoms with E-state index in [4.69, 9.17) is 0 Å². The molecule has 0 atom stereocenters. The van der Waals surface area contributed by atoms with Crippen molar-refractivity contribution in [1.82, 2.24) is 4.72 Å². The van der Waals surface area contributed by atoms with Gasteiger partial charge in [0, 0.05) is 0 Å². The molecule has 4 nitrogen and oxygen atoms in total. The first-order chi connectivity index (χ1) is 8.19. The van der Waals surface area contributed by atoms with Crippen LogP contribution in [-0.2, 0) is 14.8 Å². The van der Waals surface area contributed by atoms with Gasteiger partial charge in [-0.15, -0.1) is 0 Å². The molecular weight excluding hydrogens is 250 g/mol. The van der Waals surface area contributed by atoms with Crippen molar-refractivity contribution in [3.63, 3.8) is 0 Å². The van der Waals surface area contributed by atoms with Gasteiger partial charge in [-0.05, 0) is 49.9 Å². The van der Waals surface area contributed by atoms with Crippen molar-refractivity contribution in [1.29, 1.82) is 0 Å². The minimum atomic E-state index is -3.43. The summed E-state index contributed by atoms with van der Waals surface area (Å²) in [6, 6.07) is 0. The summed E-state index contributed by atoms with van der Waals surface area (Å²) >= 11 is 0.